The number of nitrogens with zero attached hydrogens (tertiary/aromatic N) is 1. The number of hydrazone groups is 1. The third-order valence-electron chi connectivity index (χ3n) is 2.03. The van der Waals surface area contributed by atoms with E-state index in [1.807, 2.05) is 5.43 Å². The van der Waals surface area contributed by atoms with Crippen molar-refractivity contribution in [3.63, 3.8) is 0 Å². The number of nitrogens with two attached hydrogens (primary N) is 2. The molecule has 0 aliphatic carbocycles. The number of urea groups is 1. The maximum Gasteiger partial charge on any atom is 0.332 e. The number of carbonyl (C=O) groups excluding carboxylic acids is 2. The second kappa shape index (κ2) is 7.19. The molecule has 1 rings (SSSR count). The van der Waals surface area contributed by atoms with Crippen molar-refractivity contribution in [1.29, 1.82) is 0 Å². The first-order valence-electron chi connectivity index (χ1n) is 5.31. The molecule has 0 saturated heterocycles. The van der Waals surface area contributed by atoms with Gasteiger partial charge in [-0.25, -0.2) is 10.2 Å². The molecule has 0 aromatic heterocycles. The highest BCUT2D eigenvalue weighted by Crippen LogP contribution is 2.32. The van der Waals surface area contributed by atoms with E-state index in [0.29, 0.717) is 11.3 Å². The zero-order chi connectivity index (χ0) is 15.1. The van der Waals surface area contributed by atoms with Crippen LogP contribution in [0.1, 0.15) is 5.56 Å². The Bertz CT molecular complexity index is 547. The van der Waals surface area contributed by atoms with Crippen LogP contribution < -0.4 is 26.4 Å². The Hall–Kier alpha value is -2.48. The van der Waals surface area contributed by atoms with Gasteiger partial charge in [0, 0.05) is 11.6 Å². The lowest BCUT2D eigenvalue weighted by Gasteiger charge is -2.11. The molecule has 3 amide bonds. The van der Waals surface area contributed by atoms with E-state index < -0.39 is 11.9 Å². The monoisotopic (exact) mass is 300 g/mol. The summed E-state index contributed by atoms with van der Waals surface area (Å²) >= 11 is 6.00. The van der Waals surface area contributed by atoms with E-state index in [1.54, 1.807) is 0 Å². The van der Waals surface area contributed by atoms with Gasteiger partial charge in [0.15, 0.2) is 18.1 Å². The number of nitrogens with one attached hydrogen (secondary N) is 1. The molecule has 0 unspecified atom stereocenters. The van der Waals surface area contributed by atoms with Crippen LogP contribution in [-0.2, 0) is 4.79 Å². The van der Waals surface area contributed by atoms with Crippen LogP contribution in [0.5, 0.6) is 11.5 Å². The van der Waals surface area contributed by atoms with Gasteiger partial charge in [-0.3, -0.25) is 4.79 Å². The summed E-state index contributed by atoms with van der Waals surface area (Å²) in [6.07, 6.45) is 1.29. The summed E-state index contributed by atoms with van der Waals surface area (Å²) in [6.45, 7) is -0.302. The van der Waals surface area contributed by atoms with Gasteiger partial charge in [-0.05, 0) is 6.07 Å². The number of carbonyl (C=O) groups is 2. The number of hydrogen-bond donors (Lipinski definition) is 3. The fourth-order valence-corrected chi connectivity index (χ4v) is 1.44. The number of ether oxygens (including phenoxy) is 2. The van der Waals surface area contributed by atoms with Crippen molar-refractivity contribution in [1.82, 2.24) is 5.43 Å². The van der Waals surface area contributed by atoms with Crippen LogP contribution in [0.4, 0.5) is 4.79 Å². The molecule has 20 heavy (non-hydrogen) atoms. The number of halogens is 1. The molecule has 1 aromatic rings. The second-order valence-electron chi connectivity index (χ2n) is 3.51. The Morgan fingerprint density at radius 3 is 2.65 bits per heavy atom. The Morgan fingerprint density at radius 1 is 1.40 bits per heavy atom. The molecule has 0 atom stereocenters. The number of benzene rings is 1. The predicted octanol–water partition coefficient (Wildman–Crippen LogP) is 0.215. The topological polar surface area (TPSA) is 129 Å². The molecule has 0 fully saturated rings. The largest absolute Gasteiger partial charge is 0.493 e. The number of amides is 3. The highest BCUT2D eigenvalue weighted by Gasteiger charge is 2.10. The quantitative estimate of drug-likeness (QED) is 0.512. The van der Waals surface area contributed by atoms with Crippen LogP contribution in [-0.4, -0.2) is 31.9 Å². The molecule has 0 radical (unpaired) electrons. The van der Waals surface area contributed by atoms with Crippen molar-refractivity contribution >= 4 is 29.8 Å². The fourth-order valence-electron chi connectivity index (χ4n) is 1.24. The van der Waals surface area contributed by atoms with Crippen LogP contribution in [0.15, 0.2) is 17.2 Å². The van der Waals surface area contributed by atoms with E-state index in [4.69, 9.17) is 32.5 Å². The summed E-state index contributed by atoms with van der Waals surface area (Å²) in [4.78, 5) is 21.2. The van der Waals surface area contributed by atoms with Crippen molar-refractivity contribution < 1.29 is 19.1 Å². The molecule has 0 spiro atoms. The van der Waals surface area contributed by atoms with Crippen LogP contribution >= 0.6 is 11.6 Å². The minimum absolute atomic E-state index is 0.260. The summed E-state index contributed by atoms with van der Waals surface area (Å²) in [5.74, 6) is -0.0352. The molecule has 0 aliphatic rings. The van der Waals surface area contributed by atoms with Gasteiger partial charge in [0.1, 0.15) is 0 Å². The van der Waals surface area contributed by atoms with Crippen molar-refractivity contribution in [3.8, 4) is 11.5 Å². The summed E-state index contributed by atoms with van der Waals surface area (Å²) in [7, 11) is 1.42. The number of methoxy groups -OCH3 is 1. The first kappa shape index (κ1) is 15.6. The van der Waals surface area contributed by atoms with E-state index >= 15 is 0 Å². The van der Waals surface area contributed by atoms with Gasteiger partial charge < -0.3 is 20.9 Å². The van der Waals surface area contributed by atoms with E-state index in [-0.39, 0.29) is 17.4 Å². The third kappa shape index (κ3) is 4.65. The van der Waals surface area contributed by atoms with Crippen molar-refractivity contribution in [2.75, 3.05) is 13.7 Å². The zero-order valence-corrected chi connectivity index (χ0v) is 11.3. The summed E-state index contributed by atoms with van der Waals surface area (Å²) in [5, 5.41) is 3.85. The maximum atomic E-state index is 10.7. The molecule has 0 bridgehead atoms. The van der Waals surface area contributed by atoms with Gasteiger partial charge in [0.05, 0.1) is 18.3 Å². The summed E-state index contributed by atoms with van der Waals surface area (Å²) in [5.41, 5.74) is 12.3. The zero-order valence-electron chi connectivity index (χ0n) is 10.6. The minimum Gasteiger partial charge on any atom is -0.493 e. The smallest absolute Gasteiger partial charge is 0.332 e. The van der Waals surface area contributed by atoms with E-state index in [0.717, 1.165) is 0 Å². The first-order chi connectivity index (χ1) is 9.43. The lowest BCUT2D eigenvalue weighted by atomic mass is 10.2. The van der Waals surface area contributed by atoms with Crippen molar-refractivity contribution in [2.45, 2.75) is 0 Å². The Labute approximate surface area is 119 Å². The third-order valence-corrected chi connectivity index (χ3v) is 2.36. The van der Waals surface area contributed by atoms with Gasteiger partial charge in [0.25, 0.3) is 5.91 Å². The molecule has 0 heterocycles. The summed E-state index contributed by atoms with van der Waals surface area (Å²) < 4.78 is 10.2. The fraction of sp³-hybridized carbons (Fsp3) is 0.182. The standard InChI is InChI=1S/C11H13ClN4O4/c1-19-8-2-6(4-15-16-11(14)18)7(12)3-9(8)20-5-10(13)17/h2-4H,5H2,1H3,(H2,13,17)(H3,14,16,18). The molecule has 0 saturated carbocycles. The van der Waals surface area contributed by atoms with Gasteiger partial charge in [-0.2, -0.15) is 5.10 Å². The van der Waals surface area contributed by atoms with E-state index in [1.165, 1.54) is 25.5 Å². The average Bonchev–Trinajstić information content (AvgIpc) is 2.37. The molecule has 8 nitrogen and oxygen atoms in total. The van der Waals surface area contributed by atoms with E-state index in [2.05, 4.69) is 5.10 Å². The highest BCUT2D eigenvalue weighted by molar-refractivity contribution is 6.33. The van der Waals surface area contributed by atoms with Gasteiger partial charge in [0.2, 0.25) is 0 Å². The minimum atomic E-state index is -0.800. The molecule has 9 heteroatoms. The summed E-state index contributed by atoms with van der Waals surface area (Å²) in [6, 6.07) is 2.16. The lowest BCUT2D eigenvalue weighted by molar-refractivity contribution is -0.119. The van der Waals surface area contributed by atoms with Gasteiger partial charge in [-0.15, -0.1) is 0 Å². The Balaban J connectivity index is 2.97. The average molecular weight is 301 g/mol. The molecule has 0 aliphatic heterocycles. The normalized spacial score (nSPS) is 10.3. The van der Waals surface area contributed by atoms with Crippen LogP contribution in [0, 0.1) is 0 Å². The van der Waals surface area contributed by atoms with Crippen LogP contribution in [0.3, 0.4) is 0 Å². The maximum absolute atomic E-state index is 10.7. The molecule has 108 valence electrons. The Morgan fingerprint density at radius 2 is 2.10 bits per heavy atom. The SMILES string of the molecule is COc1cc(C=NNC(N)=O)c(Cl)cc1OCC(N)=O. The van der Waals surface area contributed by atoms with Crippen LogP contribution in [0.2, 0.25) is 5.02 Å². The highest BCUT2D eigenvalue weighted by atomic mass is 35.5. The number of hydrogen-bond acceptors (Lipinski definition) is 5. The number of rotatable bonds is 6. The second-order valence-corrected chi connectivity index (χ2v) is 3.92. The van der Waals surface area contributed by atoms with Gasteiger partial charge in [-0.1, -0.05) is 11.6 Å². The molecule has 5 N–H and O–H groups in total. The lowest BCUT2D eigenvalue weighted by Crippen LogP contribution is -2.24. The molecular weight excluding hydrogens is 288 g/mol. The Kier molecular flexibility index (Phi) is 5.60. The van der Waals surface area contributed by atoms with Crippen LogP contribution in [0.25, 0.3) is 0 Å². The van der Waals surface area contributed by atoms with Crippen molar-refractivity contribution in [2.24, 2.45) is 16.6 Å². The first-order valence-corrected chi connectivity index (χ1v) is 5.69. The van der Waals surface area contributed by atoms with E-state index in [9.17, 15) is 9.59 Å². The van der Waals surface area contributed by atoms with Gasteiger partial charge >= 0.3 is 6.03 Å². The predicted molar refractivity (Wildman–Crippen MR) is 73.0 cm³/mol. The molecular formula is C11H13ClN4O4. The van der Waals surface area contributed by atoms with Crippen molar-refractivity contribution in [3.05, 3.63) is 22.7 Å². The molecule has 1 aromatic carbocycles. The number of primary amides is 2.